The Balaban J connectivity index is 3.39. The van der Waals surface area contributed by atoms with Crippen LogP contribution in [-0.2, 0) is 10.0 Å². The van der Waals surface area contributed by atoms with Gasteiger partial charge in [0.2, 0.25) is 0 Å². The molecule has 0 bridgehead atoms. The monoisotopic (exact) mass is 227 g/mol. The van der Waals surface area contributed by atoms with Crippen LogP contribution in [0.4, 0.5) is 5.69 Å². The number of hydrogen-bond acceptors (Lipinski definition) is 5. The maximum absolute atomic E-state index is 11.3. The minimum Gasteiger partial charge on any atom is -0.258 e. The number of para-hydroxylation sites is 1. The first-order valence-electron chi connectivity index (χ1n) is 3.63. The molecule has 0 aliphatic rings. The van der Waals surface area contributed by atoms with Crippen LogP contribution in [-0.4, -0.2) is 13.3 Å². The van der Waals surface area contributed by atoms with Crippen molar-refractivity contribution in [1.82, 2.24) is 4.72 Å². The summed E-state index contributed by atoms with van der Waals surface area (Å²) in [4.78, 5) is 9.14. The first-order valence-corrected chi connectivity index (χ1v) is 5.11. The molecule has 0 amide bonds. The van der Waals surface area contributed by atoms with E-state index in [1.54, 1.807) is 0 Å². The molecule has 0 aliphatic heterocycles. The topological polar surface area (TPSA) is 113 Å². The van der Waals surface area contributed by atoms with E-state index in [9.17, 15) is 18.5 Å². The molecule has 8 heteroatoms. The van der Waals surface area contributed by atoms with Gasteiger partial charge in [-0.2, -0.15) is 5.26 Å². The molecule has 0 radical (unpaired) electrons. The highest BCUT2D eigenvalue weighted by molar-refractivity contribution is 7.89. The summed E-state index contributed by atoms with van der Waals surface area (Å²) in [5.74, 6) is 0. The summed E-state index contributed by atoms with van der Waals surface area (Å²) in [6.45, 7) is 0. The fourth-order valence-electron chi connectivity index (χ4n) is 0.950. The predicted octanol–water partition coefficient (Wildman–Crippen LogP) is 0.354. The van der Waals surface area contributed by atoms with Gasteiger partial charge in [-0.3, -0.25) is 10.1 Å². The number of rotatable bonds is 3. The third kappa shape index (κ3) is 2.21. The van der Waals surface area contributed by atoms with E-state index in [-0.39, 0.29) is 0 Å². The van der Waals surface area contributed by atoms with E-state index >= 15 is 0 Å². The third-order valence-electron chi connectivity index (χ3n) is 1.53. The van der Waals surface area contributed by atoms with Gasteiger partial charge in [0.05, 0.1) is 4.92 Å². The standard InChI is InChI=1S/C7H5N3O4S/c8-5-9-15(13,14)7-4-2-1-3-6(7)10(11)12/h1-4,9H. The number of nitro groups is 1. The quantitative estimate of drug-likeness (QED) is 0.346. The zero-order valence-electron chi connectivity index (χ0n) is 7.25. The van der Waals surface area contributed by atoms with Crippen LogP contribution in [0.25, 0.3) is 0 Å². The maximum atomic E-state index is 11.3. The fourth-order valence-corrected chi connectivity index (χ4v) is 1.86. The van der Waals surface area contributed by atoms with Gasteiger partial charge < -0.3 is 0 Å². The molecule has 0 aliphatic carbocycles. The van der Waals surface area contributed by atoms with Gasteiger partial charge in [-0.15, -0.1) is 0 Å². The molecule has 0 saturated carbocycles. The molecule has 1 aromatic rings. The van der Waals surface area contributed by atoms with Crippen LogP contribution in [0, 0.1) is 21.6 Å². The van der Waals surface area contributed by atoms with Crippen LogP contribution in [0.2, 0.25) is 0 Å². The maximum Gasteiger partial charge on any atom is 0.289 e. The number of sulfonamides is 1. The summed E-state index contributed by atoms with van der Waals surface area (Å²) in [6, 6.07) is 4.77. The molecule has 0 atom stereocenters. The molecule has 0 spiro atoms. The summed E-state index contributed by atoms with van der Waals surface area (Å²) < 4.78 is 24.1. The fraction of sp³-hybridized carbons (Fsp3) is 0. The normalized spacial score (nSPS) is 10.3. The summed E-state index contributed by atoms with van der Waals surface area (Å²) in [5, 5.41) is 18.7. The Morgan fingerprint density at radius 1 is 1.40 bits per heavy atom. The van der Waals surface area contributed by atoms with Gasteiger partial charge >= 0.3 is 0 Å². The summed E-state index contributed by atoms with van der Waals surface area (Å²) in [5.41, 5.74) is -0.569. The van der Waals surface area contributed by atoms with Gasteiger partial charge in [0.15, 0.2) is 11.1 Å². The van der Waals surface area contributed by atoms with Gasteiger partial charge in [-0.1, -0.05) is 12.1 Å². The molecule has 0 saturated heterocycles. The van der Waals surface area contributed by atoms with E-state index in [0.29, 0.717) is 0 Å². The molecule has 1 rings (SSSR count). The summed E-state index contributed by atoms with van der Waals surface area (Å²) in [7, 11) is -4.14. The lowest BCUT2D eigenvalue weighted by molar-refractivity contribution is -0.387. The van der Waals surface area contributed by atoms with Crippen LogP contribution < -0.4 is 4.72 Å². The Kier molecular flexibility index (Phi) is 2.87. The minimum absolute atomic E-state index is 0.531. The van der Waals surface area contributed by atoms with E-state index in [4.69, 9.17) is 5.26 Å². The zero-order valence-corrected chi connectivity index (χ0v) is 8.06. The highest BCUT2D eigenvalue weighted by Crippen LogP contribution is 2.22. The molecule has 78 valence electrons. The van der Waals surface area contributed by atoms with Crippen molar-refractivity contribution >= 4 is 15.7 Å². The Bertz CT molecular complexity index is 531. The number of nitrogens with one attached hydrogen (secondary N) is 1. The van der Waals surface area contributed by atoms with Crippen molar-refractivity contribution < 1.29 is 13.3 Å². The lowest BCUT2D eigenvalue weighted by Crippen LogP contribution is -2.19. The molecular weight excluding hydrogens is 222 g/mol. The van der Waals surface area contributed by atoms with Gasteiger partial charge in [-0.25, -0.2) is 13.1 Å². The van der Waals surface area contributed by atoms with Crippen molar-refractivity contribution in [3.05, 3.63) is 34.4 Å². The molecular formula is C7H5N3O4S. The van der Waals surface area contributed by atoms with Crippen LogP contribution in [0.1, 0.15) is 0 Å². The Labute approximate surface area is 85.2 Å². The van der Waals surface area contributed by atoms with Crippen LogP contribution in [0.3, 0.4) is 0 Å². The molecule has 1 N–H and O–H groups in total. The van der Waals surface area contributed by atoms with E-state index < -0.39 is 25.5 Å². The van der Waals surface area contributed by atoms with Crippen LogP contribution in [0.15, 0.2) is 29.2 Å². The smallest absolute Gasteiger partial charge is 0.258 e. The van der Waals surface area contributed by atoms with Gasteiger partial charge in [0, 0.05) is 6.07 Å². The largest absolute Gasteiger partial charge is 0.289 e. The molecule has 0 unspecified atom stereocenters. The second-order valence-corrected chi connectivity index (χ2v) is 4.09. The number of nitro benzene ring substituents is 1. The second kappa shape index (κ2) is 3.93. The first kappa shape index (κ1) is 10.9. The Morgan fingerprint density at radius 3 is 2.53 bits per heavy atom. The lowest BCUT2D eigenvalue weighted by Gasteiger charge is -2.01. The molecule has 1 aromatic carbocycles. The van der Waals surface area contributed by atoms with Gasteiger partial charge in [0.1, 0.15) is 0 Å². The summed E-state index contributed by atoms with van der Waals surface area (Å²) in [6.07, 6.45) is 1.21. The third-order valence-corrected chi connectivity index (χ3v) is 2.82. The number of hydrogen-bond donors (Lipinski definition) is 1. The van der Waals surface area contributed by atoms with E-state index in [2.05, 4.69) is 0 Å². The Morgan fingerprint density at radius 2 is 2.00 bits per heavy atom. The average molecular weight is 227 g/mol. The minimum atomic E-state index is -4.14. The number of benzene rings is 1. The predicted molar refractivity (Wildman–Crippen MR) is 49.0 cm³/mol. The van der Waals surface area contributed by atoms with Gasteiger partial charge in [-0.05, 0) is 6.07 Å². The van der Waals surface area contributed by atoms with Crippen molar-refractivity contribution in [2.75, 3.05) is 0 Å². The highest BCUT2D eigenvalue weighted by atomic mass is 32.2. The summed E-state index contributed by atoms with van der Waals surface area (Å²) >= 11 is 0. The van der Waals surface area contributed by atoms with Crippen molar-refractivity contribution in [2.24, 2.45) is 0 Å². The van der Waals surface area contributed by atoms with Crippen molar-refractivity contribution in [2.45, 2.75) is 4.90 Å². The Hall–Kier alpha value is -2.14. The van der Waals surface area contributed by atoms with Crippen molar-refractivity contribution in [3.63, 3.8) is 0 Å². The molecule has 7 nitrogen and oxygen atoms in total. The van der Waals surface area contributed by atoms with Crippen LogP contribution in [0.5, 0.6) is 0 Å². The van der Waals surface area contributed by atoms with Crippen LogP contribution >= 0.6 is 0 Å². The molecule has 0 aromatic heterocycles. The van der Waals surface area contributed by atoms with E-state index in [1.165, 1.54) is 23.0 Å². The van der Waals surface area contributed by atoms with E-state index in [1.807, 2.05) is 0 Å². The second-order valence-electron chi connectivity index (χ2n) is 2.44. The first-order chi connectivity index (χ1) is 6.99. The molecule has 0 heterocycles. The average Bonchev–Trinajstić information content (AvgIpc) is 2.17. The van der Waals surface area contributed by atoms with E-state index in [0.717, 1.165) is 12.1 Å². The number of nitrogens with zero attached hydrogens (tertiary/aromatic N) is 2. The highest BCUT2D eigenvalue weighted by Gasteiger charge is 2.24. The molecule has 0 fully saturated rings. The van der Waals surface area contributed by atoms with Crippen molar-refractivity contribution in [1.29, 1.82) is 5.26 Å². The lowest BCUT2D eigenvalue weighted by atomic mass is 10.3. The zero-order chi connectivity index (χ0) is 11.5. The van der Waals surface area contributed by atoms with Gasteiger partial charge in [0.25, 0.3) is 15.7 Å². The number of nitriles is 1. The van der Waals surface area contributed by atoms with Crippen molar-refractivity contribution in [3.8, 4) is 6.19 Å². The SMILES string of the molecule is N#CNS(=O)(=O)c1ccccc1[N+](=O)[O-]. The molecule has 15 heavy (non-hydrogen) atoms.